The van der Waals surface area contributed by atoms with Crippen molar-refractivity contribution < 1.29 is 24.2 Å². The van der Waals surface area contributed by atoms with Gasteiger partial charge >= 0.3 is 11.9 Å². The molecule has 0 aliphatic heterocycles. The molecule has 2 N–H and O–H groups in total. The number of carboxylic acid groups (broad SMARTS) is 1. The molecule has 94 valence electrons. The molecule has 0 aromatic carbocycles. The minimum Gasteiger partial charge on any atom is -0.477 e. The van der Waals surface area contributed by atoms with Crippen molar-refractivity contribution in [2.75, 3.05) is 20.3 Å². The summed E-state index contributed by atoms with van der Waals surface area (Å²) >= 11 is 0. The molecule has 0 saturated carbocycles. The van der Waals surface area contributed by atoms with Crippen LogP contribution in [-0.4, -0.2) is 42.4 Å². The van der Waals surface area contributed by atoms with Gasteiger partial charge in [-0.2, -0.15) is 0 Å². The van der Waals surface area contributed by atoms with Crippen LogP contribution in [0.5, 0.6) is 0 Å². The first kappa shape index (κ1) is 13.2. The second kappa shape index (κ2) is 5.49. The number of esters is 1. The Morgan fingerprint density at radius 2 is 1.94 bits per heavy atom. The maximum atomic E-state index is 11.7. The second-order valence-corrected chi connectivity index (χ2v) is 3.56. The Labute approximate surface area is 98.5 Å². The van der Waals surface area contributed by atoms with Crippen LogP contribution in [0.15, 0.2) is 0 Å². The number of aryl methyl sites for hydroxylation is 1. The molecule has 0 spiro atoms. The Hall–Kier alpha value is -1.82. The van der Waals surface area contributed by atoms with Gasteiger partial charge in [-0.15, -0.1) is 0 Å². The molecule has 0 saturated heterocycles. The molecular weight excluding hydrogens is 226 g/mol. The molecule has 1 heterocycles. The fraction of sp³-hybridized carbons (Fsp3) is 0.455. The number of nitrogens with one attached hydrogen (secondary N) is 1. The summed E-state index contributed by atoms with van der Waals surface area (Å²) in [6.45, 7) is 3.65. The summed E-state index contributed by atoms with van der Waals surface area (Å²) in [7, 11) is 1.50. The highest BCUT2D eigenvalue weighted by Crippen LogP contribution is 2.18. The third-order valence-corrected chi connectivity index (χ3v) is 2.38. The lowest BCUT2D eigenvalue weighted by Crippen LogP contribution is -2.11. The van der Waals surface area contributed by atoms with Gasteiger partial charge in [0.1, 0.15) is 12.3 Å². The number of methoxy groups -OCH3 is 1. The highest BCUT2D eigenvalue weighted by atomic mass is 16.6. The Morgan fingerprint density at radius 3 is 2.41 bits per heavy atom. The minimum absolute atomic E-state index is 0.0150. The number of hydrogen-bond donors (Lipinski definition) is 2. The van der Waals surface area contributed by atoms with Crippen molar-refractivity contribution in [2.45, 2.75) is 13.8 Å². The molecule has 0 aliphatic carbocycles. The quantitative estimate of drug-likeness (QED) is 0.596. The smallest absolute Gasteiger partial charge is 0.352 e. The minimum atomic E-state index is -1.10. The molecule has 0 aliphatic rings. The van der Waals surface area contributed by atoms with Crippen LogP contribution in [0.2, 0.25) is 0 Å². The zero-order valence-corrected chi connectivity index (χ0v) is 9.99. The van der Waals surface area contributed by atoms with E-state index >= 15 is 0 Å². The van der Waals surface area contributed by atoms with Crippen LogP contribution >= 0.6 is 0 Å². The average molecular weight is 241 g/mol. The Morgan fingerprint density at radius 1 is 1.29 bits per heavy atom. The number of carbonyl (C=O) groups excluding carboxylic acids is 1. The molecular formula is C11H15NO5. The maximum Gasteiger partial charge on any atom is 0.352 e. The Balaban J connectivity index is 2.90. The number of aromatic carboxylic acids is 1. The van der Waals surface area contributed by atoms with E-state index in [1.54, 1.807) is 13.8 Å². The van der Waals surface area contributed by atoms with Crippen LogP contribution in [0.3, 0.4) is 0 Å². The number of hydrogen-bond acceptors (Lipinski definition) is 4. The van der Waals surface area contributed by atoms with Gasteiger partial charge in [0.25, 0.3) is 0 Å². The van der Waals surface area contributed by atoms with Crippen LogP contribution in [0.1, 0.15) is 32.1 Å². The highest BCUT2D eigenvalue weighted by Gasteiger charge is 2.22. The first-order valence-corrected chi connectivity index (χ1v) is 5.07. The largest absolute Gasteiger partial charge is 0.477 e. The summed E-state index contributed by atoms with van der Waals surface area (Å²) in [5, 5.41) is 8.90. The average Bonchev–Trinajstić information content (AvgIpc) is 2.54. The standard InChI is InChI=1S/C11H15NO5/c1-6-8(11(15)17-5-4-16-3)7(2)12-9(6)10(13)14/h12H,4-5H2,1-3H3,(H,13,14). The Kier molecular flexibility index (Phi) is 4.28. The van der Waals surface area contributed by atoms with Gasteiger partial charge in [0, 0.05) is 12.8 Å². The molecule has 0 atom stereocenters. The van der Waals surface area contributed by atoms with Crippen LogP contribution in [0, 0.1) is 13.8 Å². The van der Waals surface area contributed by atoms with E-state index in [1.165, 1.54) is 7.11 Å². The van der Waals surface area contributed by atoms with Crippen molar-refractivity contribution in [2.24, 2.45) is 0 Å². The van der Waals surface area contributed by atoms with Crippen LogP contribution < -0.4 is 0 Å². The Bertz CT molecular complexity index is 435. The van der Waals surface area contributed by atoms with Crippen molar-refractivity contribution in [1.82, 2.24) is 4.98 Å². The first-order valence-electron chi connectivity index (χ1n) is 5.07. The lowest BCUT2D eigenvalue weighted by molar-refractivity contribution is 0.0387. The maximum absolute atomic E-state index is 11.7. The summed E-state index contributed by atoms with van der Waals surface area (Å²) < 4.78 is 9.70. The lowest BCUT2D eigenvalue weighted by atomic mass is 10.1. The summed E-state index contributed by atoms with van der Waals surface area (Å²) in [6.07, 6.45) is 0. The lowest BCUT2D eigenvalue weighted by Gasteiger charge is -2.04. The summed E-state index contributed by atoms with van der Waals surface area (Å²) in [6, 6.07) is 0. The van der Waals surface area contributed by atoms with Crippen molar-refractivity contribution in [3.8, 4) is 0 Å². The number of aromatic amines is 1. The van der Waals surface area contributed by atoms with Crippen molar-refractivity contribution in [3.05, 3.63) is 22.5 Å². The number of carbonyl (C=O) groups is 2. The molecule has 6 heteroatoms. The molecule has 0 fully saturated rings. The van der Waals surface area contributed by atoms with Crippen molar-refractivity contribution in [1.29, 1.82) is 0 Å². The third-order valence-electron chi connectivity index (χ3n) is 2.38. The van der Waals surface area contributed by atoms with E-state index in [-0.39, 0.29) is 17.9 Å². The first-order chi connectivity index (χ1) is 7.99. The van der Waals surface area contributed by atoms with Gasteiger partial charge in [0.05, 0.1) is 12.2 Å². The van der Waals surface area contributed by atoms with Crippen LogP contribution in [0.25, 0.3) is 0 Å². The van der Waals surface area contributed by atoms with Gasteiger partial charge in [-0.3, -0.25) is 0 Å². The van der Waals surface area contributed by atoms with E-state index in [2.05, 4.69) is 4.98 Å². The summed E-state index contributed by atoms with van der Waals surface area (Å²) in [5.41, 5.74) is 1.17. The normalized spacial score (nSPS) is 10.3. The number of ether oxygens (including phenoxy) is 2. The second-order valence-electron chi connectivity index (χ2n) is 3.56. The predicted molar refractivity (Wildman–Crippen MR) is 59.4 cm³/mol. The SMILES string of the molecule is COCCOC(=O)c1c(C)[nH]c(C(=O)O)c1C. The molecule has 0 radical (unpaired) electrons. The number of carboxylic acids is 1. The third kappa shape index (κ3) is 2.85. The summed E-state index contributed by atoms with van der Waals surface area (Å²) in [5.74, 6) is -1.64. The topological polar surface area (TPSA) is 88.6 Å². The molecule has 17 heavy (non-hydrogen) atoms. The van der Waals surface area contributed by atoms with Crippen LogP contribution in [-0.2, 0) is 9.47 Å². The van der Waals surface area contributed by atoms with Gasteiger partial charge in [0.15, 0.2) is 0 Å². The molecule has 1 rings (SSSR count). The van der Waals surface area contributed by atoms with Gasteiger partial charge in [-0.25, -0.2) is 9.59 Å². The molecule has 0 bridgehead atoms. The molecule has 0 amide bonds. The number of H-pyrrole nitrogens is 1. The van der Waals surface area contributed by atoms with Crippen molar-refractivity contribution >= 4 is 11.9 Å². The molecule has 0 unspecified atom stereocenters. The van der Waals surface area contributed by atoms with E-state index in [1.807, 2.05) is 0 Å². The highest BCUT2D eigenvalue weighted by molar-refractivity contribution is 5.97. The van der Waals surface area contributed by atoms with Gasteiger partial charge < -0.3 is 19.6 Å². The number of rotatable bonds is 5. The number of aromatic nitrogens is 1. The van der Waals surface area contributed by atoms with Crippen molar-refractivity contribution in [3.63, 3.8) is 0 Å². The molecule has 6 nitrogen and oxygen atoms in total. The molecule has 1 aromatic heterocycles. The monoisotopic (exact) mass is 241 g/mol. The van der Waals surface area contributed by atoms with Gasteiger partial charge in [-0.05, 0) is 19.4 Å². The zero-order valence-electron chi connectivity index (χ0n) is 9.99. The molecule has 1 aromatic rings. The van der Waals surface area contributed by atoms with Crippen LogP contribution in [0.4, 0.5) is 0 Å². The van der Waals surface area contributed by atoms with E-state index in [9.17, 15) is 9.59 Å². The predicted octanol–water partition coefficient (Wildman–Crippen LogP) is 1.13. The van der Waals surface area contributed by atoms with E-state index in [4.69, 9.17) is 14.6 Å². The summed E-state index contributed by atoms with van der Waals surface area (Å²) in [4.78, 5) is 25.2. The zero-order chi connectivity index (χ0) is 13.0. The fourth-order valence-electron chi connectivity index (χ4n) is 1.56. The fourth-order valence-corrected chi connectivity index (χ4v) is 1.56. The van der Waals surface area contributed by atoms with E-state index < -0.39 is 11.9 Å². The van der Waals surface area contributed by atoms with E-state index in [0.717, 1.165) is 0 Å². The van der Waals surface area contributed by atoms with Gasteiger partial charge in [0.2, 0.25) is 0 Å². The van der Waals surface area contributed by atoms with Gasteiger partial charge in [-0.1, -0.05) is 0 Å². The van der Waals surface area contributed by atoms with E-state index in [0.29, 0.717) is 17.9 Å².